The zero-order valence-electron chi connectivity index (χ0n) is 23.8. The molecule has 0 N–H and O–H groups in total. The van der Waals surface area contributed by atoms with Crippen molar-refractivity contribution in [3.05, 3.63) is 158 Å². The van der Waals surface area contributed by atoms with Crippen molar-refractivity contribution in [1.82, 2.24) is 9.55 Å². The first-order valence-electron chi connectivity index (χ1n) is 14.9. The average Bonchev–Trinajstić information content (AvgIpc) is 3.64. The molecular formula is C41H26N2O. The van der Waals surface area contributed by atoms with Crippen LogP contribution in [0.25, 0.3) is 82.9 Å². The molecule has 3 heteroatoms. The van der Waals surface area contributed by atoms with Crippen LogP contribution in [0.15, 0.2) is 162 Å². The van der Waals surface area contributed by atoms with E-state index in [0.717, 1.165) is 55.3 Å². The lowest BCUT2D eigenvalue weighted by atomic mass is 10.0. The largest absolute Gasteiger partial charge is 0.455 e. The molecule has 0 atom stereocenters. The molecule has 0 fully saturated rings. The van der Waals surface area contributed by atoms with Crippen molar-refractivity contribution in [2.45, 2.75) is 0 Å². The Morgan fingerprint density at radius 1 is 0.455 bits per heavy atom. The van der Waals surface area contributed by atoms with E-state index in [1.165, 1.54) is 27.6 Å². The van der Waals surface area contributed by atoms with E-state index >= 15 is 0 Å². The minimum absolute atomic E-state index is 0.867. The van der Waals surface area contributed by atoms with E-state index in [4.69, 9.17) is 9.40 Å². The summed E-state index contributed by atoms with van der Waals surface area (Å²) in [6.07, 6.45) is 2.01. The van der Waals surface area contributed by atoms with Crippen LogP contribution in [0.5, 0.6) is 0 Å². The van der Waals surface area contributed by atoms with Crippen LogP contribution in [-0.4, -0.2) is 9.55 Å². The van der Waals surface area contributed by atoms with Gasteiger partial charge < -0.3 is 8.98 Å². The van der Waals surface area contributed by atoms with Gasteiger partial charge >= 0.3 is 0 Å². The maximum Gasteiger partial charge on any atom is 0.144 e. The normalized spacial score (nSPS) is 11.6. The van der Waals surface area contributed by atoms with E-state index in [2.05, 4.69) is 144 Å². The van der Waals surface area contributed by atoms with Crippen molar-refractivity contribution < 1.29 is 4.42 Å². The second kappa shape index (κ2) is 9.82. The Morgan fingerprint density at radius 3 is 1.84 bits per heavy atom. The molecule has 44 heavy (non-hydrogen) atoms. The van der Waals surface area contributed by atoms with Gasteiger partial charge in [0.25, 0.3) is 0 Å². The molecule has 206 valence electrons. The van der Waals surface area contributed by atoms with Gasteiger partial charge in [0.05, 0.1) is 16.7 Å². The van der Waals surface area contributed by atoms with E-state index in [1.54, 1.807) is 0 Å². The van der Waals surface area contributed by atoms with Crippen molar-refractivity contribution in [3.8, 4) is 39.2 Å². The van der Waals surface area contributed by atoms with Crippen molar-refractivity contribution in [2.75, 3.05) is 0 Å². The molecule has 0 aliphatic carbocycles. The summed E-state index contributed by atoms with van der Waals surface area (Å²) in [4.78, 5) is 4.96. The van der Waals surface area contributed by atoms with Crippen molar-refractivity contribution >= 4 is 43.7 Å². The summed E-state index contributed by atoms with van der Waals surface area (Å²) in [5, 5.41) is 4.54. The second-order valence-corrected chi connectivity index (χ2v) is 11.2. The number of para-hydroxylation sites is 3. The highest BCUT2D eigenvalue weighted by atomic mass is 16.3. The Kier molecular flexibility index (Phi) is 5.50. The lowest BCUT2D eigenvalue weighted by Gasteiger charge is -2.11. The number of pyridine rings is 1. The minimum Gasteiger partial charge on any atom is -0.455 e. The van der Waals surface area contributed by atoms with Crippen LogP contribution in [0.2, 0.25) is 0 Å². The van der Waals surface area contributed by atoms with Gasteiger partial charge in [-0.1, -0.05) is 115 Å². The molecular weight excluding hydrogens is 536 g/mol. The number of fused-ring (bicyclic) bond motifs is 6. The molecule has 9 rings (SSSR count). The molecule has 3 heterocycles. The van der Waals surface area contributed by atoms with Gasteiger partial charge in [-0.3, -0.25) is 4.98 Å². The van der Waals surface area contributed by atoms with Gasteiger partial charge in [-0.15, -0.1) is 0 Å². The molecule has 3 aromatic heterocycles. The van der Waals surface area contributed by atoms with Gasteiger partial charge in [0.15, 0.2) is 0 Å². The number of nitrogens with zero attached hydrogens (tertiary/aromatic N) is 2. The first kappa shape index (κ1) is 24.6. The number of rotatable bonds is 4. The summed E-state index contributed by atoms with van der Waals surface area (Å²) >= 11 is 0. The minimum atomic E-state index is 0.867. The van der Waals surface area contributed by atoms with Crippen LogP contribution in [0.1, 0.15) is 0 Å². The molecule has 3 nitrogen and oxygen atoms in total. The molecule has 0 unspecified atom stereocenters. The Balaban J connectivity index is 1.16. The molecule has 0 radical (unpaired) electrons. The Morgan fingerprint density at radius 2 is 1.07 bits per heavy atom. The maximum atomic E-state index is 6.36. The van der Waals surface area contributed by atoms with Crippen LogP contribution < -0.4 is 0 Å². The molecule has 6 aromatic carbocycles. The topological polar surface area (TPSA) is 31.0 Å². The molecule has 9 aromatic rings. The first-order valence-corrected chi connectivity index (χ1v) is 14.9. The SMILES string of the molecule is c1ccc(-c2ccc(-c3ccc(-n4c5ccccc5c5cnc(-c6cccc7c6oc6ccccc67)cc54)cc3)cc2)cc1. The number of hydrogen-bond donors (Lipinski definition) is 0. The third-order valence-corrected chi connectivity index (χ3v) is 8.69. The third-order valence-electron chi connectivity index (χ3n) is 8.69. The average molecular weight is 563 g/mol. The fourth-order valence-electron chi connectivity index (χ4n) is 6.53. The van der Waals surface area contributed by atoms with Crippen molar-refractivity contribution in [3.63, 3.8) is 0 Å². The van der Waals surface area contributed by atoms with Crippen LogP contribution in [0, 0.1) is 0 Å². The summed E-state index contributed by atoms with van der Waals surface area (Å²) in [6, 6.07) is 53.4. The van der Waals surface area contributed by atoms with Gasteiger partial charge in [-0.25, -0.2) is 0 Å². The predicted molar refractivity (Wildman–Crippen MR) is 182 cm³/mol. The molecule has 0 saturated heterocycles. The van der Waals surface area contributed by atoms with Gasteiger partial charge in [0, 0.05) is 39.0 Å². The smallest absolute Gasteiger partial charge is 0.144 e. The Hall–Kier alpha value is -5.93. The summed E-state index contributed by atoms with van der Waals surface area (Å²) in [5.41, 5.74) is 11.9. The summed E-state index contributed by atoms with van der Waals surface area (Å²) in [5.74, 6) is 0. The fraction of sp³-hybridized carbons (Fsp3) is 0. The van der Waals surface area contributed by atoms with E-state index in [-0.39, 0.29) is 0 Å². The van der Waals surface area contributed by atoms with E-state index in [1.807, 2.05) is 18.3 Å². The highest BCUT2D eigenvalue weighted by molar-refractivity contribution is 6.12. The van der Waals surface area contributed by atoms with Gasteiger partial charge in [-0.05, 0) is 58.7 Å². The van der Waals surface area contributed by atoms with Gasteiger partial charge in [0.2, 0.25) is 0 Å². The summed E-state index contributed by atoms with van der Waals surface area (Å²) in [6.45, 7) is 0. The summed E-state index contributed by atoms with van der Waals surface area (Å²) in [7, 11) is 0. The van der Waals surface area contributed by atoms with Crippen LogP contribution in [-0.2, 0) is 0 Å². The molecule has 0 bridgehead atoms. The van der Waals surface area contributed by atoms with Gasteiger partial charge in [-0.2, -0.15) is 0 Å². The zero-order chi connectivity index (χ0) is 29.0. The summed E-state index contributed by atoms with van der Waals surface area (Å²) < 4.78 is 8.71. The standard InChI is InChI=1S/C41H26N2O/c1-2-9-27(10-3-1)28-17-19-29(20-18-28)30-21-23-31(24-22-30)43-38-15-6-4-11-32(38)36-26-42-37(25-39(36)43)35-14-8-13-34-33-12-5-7-16-40(33)44-41(34)35/h1-26H. The van der Waals surface area contributed by atoms with E-state index < -0.39 is 0 Å². The number of hydrogen-bond acceptors (Lipinski definition) is 2. The first-order chi connectivity index (χ1) is 21.8. The van der Waals surface area contributed by atoms with Crippen LogP contribution >= 0.6 is 0 Å². The lowest BCUT2D eigenvalue weighted by molar-refractivity contribution is 0.670. The monoisotopic (exact) mass is 562 g/mol. The van der Waals surface area contributed by atoms with Crippen LogP contribution in [0.3, 0.4) is 0 Å². The number of benzene rings is 6. The van der Waals surface area contributed by atoms with E-state index in [9.17, 15) is 0 Å². The second-order valence-electron chi connectivity index (χ2n) is 11.2. The molecule has 0 aliphatic rings. The Labute approximate surface area is 254 Å². The lowest BCUT2D eigenvalue weighted by Crippen LogP contribution is -1.94. The molecule has 0 aliphatic heterocycles. The van der Waals surface area contributed by atoms with Gasteiger partial charge in [0.1, 0.15) is 11.2 Å². The molecule has 0 spiro atoms. The third kappa shape index (κ3) is 3.87. The molecule has 0 amide bonds. The van der Waals surface area contributed by atoms with Crippen molar-refractivity contribution in [2.24, 2.45) is 0 Å². The number of furan rings is 1. The van der Waals surface area contributed by atoms with Crippen molar-refractivity contribution in [1.29, 1.82) is 0 Å². The maximum absolute atomic E-state index is 6.36. The highest BCUT2D eigenvalue weighted by Gasteiger charge is 2.17. The zero-order valence-corrected chi connectivity index (χ0v) is 23.8. The van der Waals surface area contributed by atoms with Crippen LogP contribution in [0.4, 0.5) is 0 Å². The number of aromatic nitrogens is 2. The Bertz CT molecular complexity index is 2470. The van der Waals surface area contributed by atoms with E-state index in [0.29, 0.717) is 0 Å². The predicted octanol–water partition coefficient (Wildman–Crippen LogP) is 11.1. The highest BCUT2D eigenvalue weighted by Crippen LogP contribution is 2.38. The fourth-order valence-corrected chi connectivity index (χ4v) is 6.53. The quantitative estimate of drug-likeness (QED) is 0.214. The molecule has 0 saturated carbocycles.